The molecule has 1 aromatic rings. The molecular formula is C14H22N2. The number of para-hydroxylation sites is 1. The molecule has 2 heteroatoms. The first kappa shape index (κ1) is 11.5. The van der Waals surface area contributed by atoms with Crippen LogP contribution in [0.4, 0.5) is 5.69 Å². The maximum absolute atomic E-state index is 3.62. The van der Waals surface area contributed by atoms with Crippen LogP contribution < -0.4 is 10.2 Å². The van der Waals surface area contributed by atoms with E-state index >= 15 is 0 Å². The standard InChI is InChI=1S/C14H22N2/c1-11(2)15-13-8-9-16(10-13)14-7-5-4-6-12(14)3/h4-7,11,13,15H,8-10H2,1-3H3. The van der Waals surface area contributed by atoms with Crippen molar-refractivity contribution in [2.24, 2.45) is 0 Å². The molecule has 2 rings (SSSR count). The van der Waals surface area contributed by atoms with Crippen molar-refractivity contribution in [2.75, 3.05) is 18.0 Å². The molecule has 1 aliphatic heterocycles. The largest absolute Gasteiger partial charge is 0.370 e. The first-order chi connectivity index (χ1) is 7.66. The highest BCUT2D eigenvalue weighted by Gasteiger charge is 2.23. The van der Waals surface area contributed by atoms with E-state index in [2.05, 4.69) is 55.3 Å². The number of aryl methyl sites for hydroxylation is 1. The van der Waals surface area contributed by atoms with E-state index in [-0.39, 0.29) is 0 Å². The fourth-order valence-corrected chi connectivity index (χ4v) is 2.50. The molecule has 2 nitrogen and oxygen atoms in total. The molecule has 1 aliphatic rings. The van der Waals surface area contributed by atoms with Gasteiger partial charge in [0, 0.05) is 30.9 Å². The molecule has 0 saturated carbocycles. The quantitative estimate of drug-likeness (QED) is 0.839. The zero-order valence-electron chi connectivity index (χ0n) is 10.5. The van der Waals surface area contributed by atoms with E-state index in [4.69, 9.17) is 0 Å². The van der Waals surface area contributed by atoms with Gasteiger partial charge in [-0.2, -0.15) is 0 Å². The van der Waals surface area contributed by atoms with Crippen LogP contribution in [0.5, 0.6) is 0 Å². The molecule has 0 aromatic heterocycles. The molecule has 1 N–H and O–H groups in total. The summed E-state index contributed by atoms with van der Waals surface area (Å²) in [6, 6.07) is 9.90. The Kier molecular flexibility index (Phi) is 3.49. The summed E-state index contributed by atoms with van der Waals surface area (Å²) in [7, 11) is 0. The molecule has 1 unspecified atom stereocenters. The van der Waals surface area contributed by atoms with Gasteiger partial charge in [-0.1, -0.05) is 32.0 Å². The van der Waals surface area contributed by atoms with Gasteiger partial charge in [0.1, 0.15) is 0 Å². The van der Waals surface area contributed by atoms with E-state index in [9.17, 15) is 0 Å². The van der Waals surface area contributed by atoms with Crippen molar-refractivity contribution in [1.82, 2.24) is 5.32 Å². The van der Waals surface area contributed by atoms with Crippen molar-refractivity contribution in [1.29, 1.82) is 0 Å². The van der Waals surface area contributed by atoms with Crippen molar-refractivity contribution in [3.05, 3.63) is 29.8 Å². The van der Waals surface area contributed by atoms with Crippen molar-refractivity contribution >= 4 is 5.69 Å². The molecule has 1 atom stereocenters. The number of hydrogen-bond donors (Lipinski definition) is 1. The molecule has 0 radical (unpaired) electrons. The Hall–Kier alpha value is -1.02. The normalized spacial score (nSPS) is 20.8. The number of anilines is 1. The Labute approximate surface area is 98.7 Å². The summed E-state index contributed by atoms with van der Waals surface area (Å²) >= 11 is 0. The minimum absolute atomic E-state index is 0.585. The maximum atomic E-state index is 3.62. The van der Waals surface area contributed by atoms with E-state index in [0.717, 1.165) is 6.54 Å². The highest BCUT2D eigenvalue weighted by atomic mass is 15.2. The molecule has 0 aliphatic carbocycles. The number of nitrogens with one attached hydrogen (secondary N) is 1. The van der Waals surface area contributed by atoms with Crippen LogP contribution >= 0.6 is 0 Å². The van der Waals surface area contributed by atoms with Crippen molar-refractivity contribution < 1.29 is 0 Å². The molecule has 0 spiro atoms. The zero-order chi connectivity index (χ0) is 11.5. The van der Waals surface area contributed by atoms with Gasteiger partial charge in [0.05, 0.1) is 0 Å². The van der Waals surface area contributed by atoms with Crippen LogP contribution in [0.15, 0.2) is 24.3 Å². The van der Waals surface area contributed by atoms with Crippen LogP contribution in [0, 0.1) is 6.92 Å². The molecule has 16 heavy (non-hydrogen) atoms. The molecular weight excluding hydrogens is 196 g/mol. The van der Waals surface area contributed by atoms with Crippen LogP contribution in [-0.4, -0.2) is 25.2 Å². The SMILES string of the molecule is Cc1ccccc1N1CCC(NC(C)C)C1. The Morgan fingerprint density at radius 1 is 1.31 bits per heavy atom. The van der Waals surface area contributed by atoms with Crippen molar-refractivity contribution in [3.8, 4) is 0 Å². The minimum Gasteiger partial charge on any atom is -0.370 e. The predicted molar refractivity (Wildman–Crippen MR) is 70.1 cm³/mol. The van der Waals surface area contributed by atoms with E-state index in [0.29, 0.717) is 12.1 Å². The topological polar surface area (TPSA) is 15.3 Å². The second-order valence-electron chi connectivity index (χ2n) is 5.04. The smallest absolute Gasteiger partial charge is 0.0396 e. The van der Waals surface area contributed by atoms with Gasteiger partial charge in [-0.3, -0.25) is 0 Å². The lowest BCUT2D eigenvalue weighted by atomic mass is 10.2. The minimum atomic E-state index is 0.585. The fraction of sp³-hybridized carbons (Fsp3) is 0.571. The van der Waals surface area contributed by atoms with Crippen LogP contribution in [0.1, 0.15) is 25.8 Å². The fourth-order valence-electron chi connectivity index (χ4n) is 2.50. The van der Waals surface area contributed by atoms with Crippen LogP contribution in [-0.2, 0) is 0 Å². The van der Waals surface area contributed by atoms with Gasteiger partial charge in [0.15, 0.2) is 0 Å². The summed E-state index contributed by atoms with van der Waals surface area (Å²) < 4.78 is 0. The van der Waals surface area contributed by atoms with E-state index in [1.807, 2.05) is 0 Å². The highest BCUT2D eigenvalue weighted by molar-refractivity contribution is 5.53. The third-order valence-corrected chi connectivity index (χ3v) is 3.21. The molecule has 0 amide bonds. The van der Waals surface area contributed by atoms with Crippen molar-refractivity contribution in [3.63, 3.8) is 0 Å². The third-order valence-electron chi connectivity index (χ3n) is 3.21. The number of rotatable bonds is 3. The summed E-state index contributed by atoms with van der Waals surface area (Å²) in [5.74, 6) is 0. The molecule has 1 heterocycles. The Morgan fingerprint density at radius 2 is 2.06 bits per heavy atom. The number of hydrogen-bond acceptors (Lipinski definition) is 2. The lowest BCUT2D eigenvalue weighted by Crippen LogP contribution is -2.37. The Balaban J connectivity index is 2.01. The van der Waals surface area contributed by atoms with E-state index in [1.165, 1.54) is 24.2 Å². The molecule has 1 fully saturated rings. The first-order valence-electron chi connectivity index (χ1n) is 6.23. The second kappa shape index (κ2) is 4.88. The monoisotopic (exact) mass is 218 g/mol. The lowest BCUT2D eigenvalue weighted by Gasteiger charge is -2.21. The van der Waals surface area contributed by atoms with E-state index in [1.54, 1.807) is 0 Å². The van der Waals surface area contributed by atoms with Gasteiger partial charge in [0.2, 0.25) is 0 Å². The summed E-state index contributed by atoms with van der Waals surface area (Å²) in [5, 5.41) is 3.62. The van der Waals surface area contributed by atoms with Gasteiger partial charge < -0.3 is 10.2 Å². The summed E-state index contributed by atoms with van der Waals surface area (Å²) in [4.78, 5) is 2.50. The van der Waals surface area contributed by atoms with E-state index < -0.39 is 0 Å². The van der Waals surface area contributed by atoms with Crippen LogP contribution in [0.2, 0.25) is 0 Å². The number of nitrogens with zero attached hydrogens (tertiary/aromatic N) is 1. The second-order valence-corrected chi connectivity index (χ2v) is 5.04. The van der Waals surface area contributed by atoms with Gasteiger partial charge in [-0.05, 0) is 25.0 Å². The summed E-state index contributed by atoms with van der Waals surface area (Å²) in [5.41, 5.74) is 2.78. The molecule has 1 aromatic carbocycles. The average molecular weight is 218 g/mol. The van der Waals surface area contributed by atoms with Gasteiger partial charge in [-0.25, -0.2) is 0 Å². The molecule has 88 valence electrons. The summed E-state index contributed by atoms with van der Waals surface area (Å²) in [6.45, 7) is 8.95. The predicted octanol–water partition coefficient (Wildman–Crippen LogP) is 2.57. The molecule has 0 bridgehead atoms. The third kappa shape index (κ3) is 2.56. The Morgan fingerprint density at radius 3 is 2.75 bits per heavy atom. The van der Waals surface area contributed by atoms with Gasteiger partial charge in [-0.15, -0.1) is 0 Å². The summed E-state index contributed by atoms with van der Waals surface area (Å²) in [6.07, 6.45) is 1.26. The van der Waals surface area contributed by atoms with Crippen LogP contribution in [0.25, 0.3) is 0 Å². The number of benzene rings is 1. The van der Waals surface area contributed by atoms with Gasteiger partial charge >= 0.3 is 0 Å². The first-order valence-corrected chi connectivity index (χ1v) is 6.23. The average Bonchev–Trinajstić information content (AvgIpc) is 2.66. The zero-order valence-corrected chi connectivity index (χ0v) is 10.5. The van der Waals surface area contributed by atoms with Crippen LogP contribution in [0.3, 0.4) is 0 Å². The van der Waals surface area contributed by atoms with Crippen molar-refractivity contribution in [2.45, 2.75) is 39.3 Å². The maximum Gasteiger partial charge on any atom is 0.0396 e. The highest BCUT2D eigenvalue weighted by Crippen LogP contribution is 2.23. The Bertz CT molecular complexity index is 346. The lowest BCUT2D eigenvalue weighted by molar-refractivity contribution is 0.492. The van der Waals surface area contributed by atoms with Gasteiger partial charge in [0.25, 0.3) is 0 Å². The molecule has 1 saturated heterocycles.